The first-order valence-corrected chi connectivity index (χ1v) is 14.5. The summed E-state index contributed by atoms with van der Waals surface area (Å²) in [7, 11) is 0. The van der Waals surface area contributed by atoms with Gasteiger partial charge in [-0.25, -0.2) is 0 Å². The van der Waals surface area contributed by atoms with E-state index in [1.807, 2.05) is 85.8 Å². The van der Waals surface area contributed by atoms with Crippen LogP contribution in [0.4, 0.5) is 0 Å². The zero-order chi connectivity index (χ0) is 27.4. The Labute approximate surface area is 233 Å². The lowest BCUT2D eigenvalue weighted by Crippen LogP contribution is -2.25. The third-order valence-corrected chi connectivity index (χ3v) is 10.0. The normalized spacial score (nSPS) is 18.1. The molecule has 4 aromatic rings. The Morgan fingerprint density at radius 1 is 0.590 bits per heavy atom. The highest BCUT2D eigenvalue weighted by Gasteiger charge is 2.39. The standard InChI is InChI=1S/C35H32O3S/c1-19-27-15-25-17-29-21(3)39-22(4)30(29)18-26(33(25)36)16-28(27)20(2)32(35(38)24-13-9-6-10-14-24)31(19)34(37)23-11-7-5-8-12-23/h5-14,25-26H,15-18H2,1-4H3. The molecule has 0 aliphatic heterocycles. The number of fused-ring (bicyclic) bond motifs is 4. The molecule has 1 aromatic heterocycles. The van der Waals surface area contributed by atoms with Crippen LogP contribution in [0.2, 0.25) is 0 Å². The van der Waals surface area contributed by atoms with Crippen LogP contribution in [0.3, 0.4) is 0 Å². The van der Waals surface area contributed by atoms with Gasteiger partial charge in [0.15, 0.2) is 11.6 Å². The predicted octanol–water partition coefficient (Wildman–Crippen LogP) is 7.14. The maximum atomic E-state index is 14.1. The first-order chi connectivity index (χ1) is 18.8. The highest BCUT2D eigenvalue weighted by Crippen LogP contribution is 2.42. The quantitative estimate of drug-likeness (QED) is 0.263. The number of carbonyl (C=O) groups is 3. The van der Waals surface area contributed by atoms with Crippen LogP contribution in [0, 0.1) is 39.5 Å². The predicted molar refractivity (Wildman–Crippen MR) is 156 cm³/mol. The monoisotopic (exact) mass is 532 g/mol. The number of benzene rings is 3. The molecule has 0 amide bonds. The first-order valence-electron chi connectivity index (χ1n) is 13.7. The van der Waals surface area contributed by atoms with Gasteiger partial charge in [-0.3, -0.25) is 14.4 Å². The third kappa shape index (κ3) is 4.22. The number of carbonyl (C=O) groups excluding carboxylic acids is 3. The van der Waals surface area contributed by atoms with Crippen LogP contribution in [-0.4, -0.2) is 17.3 Å². The molecule has 196 valence electrons. The van der Waals surface area contributed by atoms with Gasteiger partial charge in [-0.15, -0.1) is 11.3 Å². The SMILES string of the molecule is Cc1sc(C)c2c1CC1Cc3c(C)c(C(=O)c4ccccc4)c(C(=O)c4ccccc4)c(C)c3CC(C2)C1=O. The fourth-order valence-electron chi connectivity index (χ4n) is 6.89. The molecular formula is C35H32O3S. The number of ketones is 3. The van der Waals surface area contributed by atoms with Crippen LogP contribution in [0.15, 0.2) is 60.7 Å². The van der Waals surface area contributed by atoms with Crippen LogP contribution < -0.4 is 0 Å². The largest absolute Gasteiger partial charge is 0.299 e. The minimum atomic E-state index is -0.138. The topological polar surface area (TPSA) is 51.2 Å². The van der Waals surface area contributed by atoms with Crippen LogP contribution in [-0.2, 0) is 30.5 Å². The summed E-state index contributed by atoms with van der Waals surface area (Å²) in [5.41, 5.74) is 8.68. The van der Waals surface area contributed by atoms with Crippen molar-refractivity contribution < 1.29 is 14.4 Å². The van der Waals surface area contributed by atoms with Gasteiger partial charge in [0.05, 0.1) is 0 Å². The number of thiophene rings is 1. The average molecular weight is 533 g/mol. The van der Waals surface area contributed by atoms with Crippen LogP contribution in [0.5, 0.6) is 0 Å². The summed E-state index contributed by atoms with van der Waals surface area (Å²) in [6.45, 7) is 8.31. The van der Waals surface area contributed by atoms with Gasteiger partial charge in [-0.1, -0.05) is 60.7 Å². The summed E-state index contributed by atoms with van der Waals surface area (Å²) in [4.78, 5) is 44.7. The molecule has 4 heteroatoms. The summed E-state index contributed by atoms with van der Waals surface area (Å²) in [6, 6.07) is 18.4. The average Bonchev–Trinajstić information content (AvgIpc) is 3.05. The van der Waals surface area contributed by atoms with E-state index in [0.29, 0.717) is 40.9 Å². The Morgan fingerprint density at radius 3 is 1.33 bits per heavy atom. The molecule has 2 bridgehead atoms. The number of hydrogen-bond donors (Lipinski definition) is 0. The van der Waals surface area contributed by atoms with Crippen molar-refractivity contribution >= 4 is 28.7 Å². The Balaban J connectivity index is 1.57. The smallest absolute Gasteiger partial charge is 0.194 e. The Morgan fingerprint density at radius 2 is 0.949 bits per heavy atom. The highest BCUT2D eigenvalue weighted by molar-refractivity contribution is 7.12. The number of rotatable bonds is 4. The van der Waals surface area contributed by atoms with Crippen molar-refractivity contribution in [3.8, 4) is 0 Å². The lowest BCUT2D eigenvalue weighted by Gasteiger charge is -2.24. The van der Waals surface area contributed by atoms with Gasteiger partial charge in [-0.2, -0.15) is 0 Å². The van der Waals surface area contributed by atoms with Gasteiger partial charge in [-0.05, 0) is 86.8 Å². The molecule has 0 saturated heterocycles. The summed E-state index contributed by atoms with van der Waals surface area (Å²) in [5.74, 6) is -0.171. The summed E-state index contributed by atoms with van der Waals surface area (Å²) in [5, 5.41) is 0. The van der Waals surface area contributed by atoms with E-state index in [1.165, 1.54) is 20.9 Å². The van der Waals surface area contributed by atoms with Crippen molar-refractivity contribution in [2.45, 2.75) is 53.4 Å². The minimum absolute atomic E-state index is 0.112. The van der Waals surface area contributed by atoms with Crippen molar-refractivity contribution in [1.82, 2.24) is 0 Å². The van der Waals surface area contributed by atoms with E-state index in [4.69, 9.17) is 0 Å². The van der Waals surface area contributed by atoms with E-state index in [1.54, 1.807) is 0 Å². The molecule has 2 aliphatic rings. The molecule has 0 fully saturated rings. The van der Waals surface area contributed by atoms with Gasteiger partial charge < -0.3 is 0 Å². The molecule has 2 atom stereocenters. The lowest BCUT2D eigenvalue weighted by atomic mass is 9.78. The van der Waals surface area contributed by atoms with Gasteiger partial charge in [0.1, 0.15) is 5.78 Å². The van der Waals surface area contributed by atoms with Crippen molar-refractivity contribution in [3.05, 3.63) is 126 Å². The summed E-state index contributed by atoms with van der Waals surface area (Å²) >= 11 is 1.84. The fraction of sp³-hybridized carbons (Fsp3) is 0.286. The minimum Gasteiger partial charge on any atom is -0.299 e. The van der Waals surface area contributed by atoms with E-state index in [9.17, 15) is 14.4 Å². The van der Waals surface area contributed by atoms with E-state index >= 15 is 0 Å². The van der Waals surface area contributed by atoms with Crippen LogP contribution in [0.25, 0.3) is 0 Å². The molecule has 0 spiro atoms. The van der Waals surface area contributed by atoms with Gasteiger partial charge >= 0.3 is 0 Å². The van der Waals surface area contributed by atoms with Crippen molar-refractivity contribution in [2.24, 2.45) is 11.8 Å². The van der Waals surface area contributed by atoms with Gasteiger partial charge in [0.25, 0.3) is 0 Å². The zero-order valence-electron chi connectivity index (χ0n) is 22.9. The van der Waals surface area contributed by atoms with Crippen LogP contribution in [0.1, 0.15) is 75.0 Å². The molecule has 3 nitrogen and oxygen atoms in total. The fourth-order valence-corrected chi connectivity index (χ4v) is 8.01. The molecule has 0 saturated carbocycles. The lowest BCUT2D eigenvalue weighted by molar-refractivity contribution is -0.126. The second kappa shape index (κ2) is 9.84. The number of Topliss-reactive ketones (excluding diaryl/α,β-unsaturated/α-hetero) is 1. The molecule has 0 radical (unpaired) electrons. The summed E-state index contributed by atoms with van der Waals surface area (Å²) < 4.78 is 0. The summed E-state index contributed by atoms with van der Waals surface area (Å²) in [6.07, 6.45) is 2.73. The van der Waals surface area contributed by atoms with Gasteiger partial charge in [0, 0.05) is 43.8 Å². The molecular weight excluding hydrogens is 500 g/mol. The Hall–Kier alpha value is -3.63. The highest BCUT2D eigenvalue weighted by atomic mass is 32.1. The Kier molecular flexibility index (Phi) is 6.47. The molecule has 2 aliphatic carbocycles. The Bertz CT molecular complexity index is 1520. The van der Waals surface area contributed by atoms with Gasteiger partial charge in [0.2, 0.25) is 0 Å². The second-order valence-electron chi connectivity index (χ2n) is 11.1. The maximum absolute atomic E-state index is 14.1. The maximum Gasteiger partial charge on any atom is 0.194 e. The number of aryl methyl sites for hydroxylation is 2. The zero-order valence-corrected chi connectivity index (χ0v) is 23.7. The third-order valence-electron chi connectivity index (χ3n) is 8.92. The molecule has 0 N–H and O–H groups in total. The van der Waals surface area contributed by atoms with Crippen molar-refractivity contribution in [3.63, 3.8) is 0 Å². The van der Waals surface area contributed by atoms with E-state index in [2.05, 4.69) is 13.8 Å². The van der Waals surface area contributed by atoms with Crippen LogP contribution >= 0.6 is 11.3 Å². The van der Waals surface area contributed by atoms with E-state index in [0.717, 1.165) is 35.1 Å². The number of hydrogen-bond acceptors (Lipinski definition) is 4. The van der Waals surface area contributed by atoms with Crippen molar-refractivity contribution in [2.75, 3.05) is 0 Å². The van der Waals surface area contributed by atoms with Crippen molar-refractivity contribution in [1.29, 1.82) is 0 Å². The molecule has 2 unspecified atom stereocenters. The van der Waals surface area contributed by atoms with E-state index < -0.39 is 0 Å². The van der Waals surface area contributed by atoms with E-state index in [-0.39, 0.29) is 23.4 Å². The second-order valence-corrected chi connectivity index (χ2v) is 12.6. The first kappa shape index (κ1) is 25.6. The molecule has 1 heterocycles. The molecule has 6 rings (SSSR count). The molecule has 3 aromatic carbocycles. The molecule has 39 heavy (non-hydrogen) atoms.